The van der Waals surface area contributed by atoms with E-state index in [0.29, 0.717) is 29.0 Å². The van der Waals surface area contributed by atoms with E-state index in [1.165, 1.54) is 0 Å². The van der Waals surface area contributed by atoms with Gasteiger partial charge in [-0.15, -0.1) is 0 Å². The Bertz CT molecular complexity index is 990. The molecular weight excluding hydrogens is 376 g/mol. The zero-order valence-electron chi connectivity index (χ0n) is 15.9. The zero-order chi connectivity index (χ0) is 20.1. The van der Waals surface area contributed by atoms with Crippen molar-refractivity contribution >= 4 is 40.7 Å². The van der Waals surface area contributed by atoms with Crippen LogP contribution >= 0.6 is 11.6 Å². The summed E-state index contributed by atoms with van der Waals surface area (Å²) in [5, 5.41) is 7.09. The molecule has 6 nitrogen and oxygen atoms in total. The number of nitrogens with one attached hydrogen (secondary N) is 2. The molecule has 0 fully saturated rings. The molecule has 0 bridgehead atoms. The Morgan fingerprint density at radius 1 is 1.04 bits per heavy atom. The van der Waals surface area contributed by atoms with Crippen molar-refractivity contribution in [2.24, 2.45) is 0 Å². The highest BCUT2D eigenvalue weighted by Crippen LogP contribution is 2.24. The standard InChI is InChI=1S/C21H21ClN4O2/c1-4-28-20(27)15-6-9-17(10-7-15)24-21-23-14(3)11-19(26-21)25-18-12-16(22)8-5-13(18)2/h5-12H,4H2,1-3H3,(H2,23,24,25,26). The summed E-state index contributed by atoms with van der Waals surface area (Å²) in [6.45, 7) is 6.01. The van der Waals surface area contributed by atoms with Gasteiger partial charge in [-0.2, -0.15) is 4.98 Å². The van der Waals surface area contributed by atoms with Crippen LogP contribution in [0.3, 0.4) is 0 Å². The third kappa shape index (κ3) is 4.98. The van der Waals surface area contributed by atoms with Crippen LogP contribution < -0.4 is 10.6 Å². The highest BCUT2D eigenvalue weighted by atomic mass is 35.5. The molecule has 0 atom stereocenters. The Kier molecular flexibility index (Phi) is 6.11. The first kappa shape index (κ1) is 19.6. The Morgan fingerprint density at radius 3 is 2.50 bits per heavy atom. The van der Waals surface area contributed by atoms with Crippen LogP contribution in [-0.2, 0) is 4.74 Å². The molecule has 3 rings (SSSR count). The van der Waals surface area contributed by atoms with Gasteiger partial charge in [0.25, 0.3) is 0 Å². The van der Waals surface area contributed by atoms with Gasteiger partial charge in [0, 0.05) is 28.2 Å². The van der Waals surface area contributed by atoms with Gasteiger partial charge in [-0.25, -0.2) is 9.78 Å². The van der Waals surface area contributed by atoms with Gasteiger partial charge < -0.3 is 15.4 Å². The number of carbonyl (C=O) groups is 1. The Labute approximate surface area is 168 Å². The quantitative estimate of drug-likeness (QED) is 0.542. The molecule has 28 heavy (non-hydrogen) atoms. The Morgan fingerprint density at radius 2 is 1.79 bits per heavy atom. The second-order valence-corrected chi connectivity index (χ2v) is 6.66. The minimum absolute atomic E-state index is 0.343. The third-order valence-corrected chi connectivity index (χ3v) is 4.20. The summed E-state index contributed by atoms with van der Waals surface area (Å²) < 4.78 is 4.99. The lowest BCUT2D eigenvalue weighted by Crippen LogP contribution is -2.05. The first-order valence-electron chi connectivity index (χ1n) is 8.87. The third-order valence-electron chi connectivity index (χ3n) is 3.97. The molecule has 0 saturated carbocycles. The maximum absolute atomic E-state index is 11.7. The summed E-state index contributed by atoms with van der Waals surface area (Å²) in [4.78, 5) is 20.7. The minimum atomic E-state index is -0.343. The first-order valence-corrected chi connectivity index (χ1v) is 9.25. The maximum Gasteiger partial charge on any atom is 0.338 e. The van der Waals surface area contributed by atoms with Crippen molar-refractivity contribution in [3.8, 4) is 0 Å². The smallest absolute Gasteiger partial charge is 0.338 e. The van der Waals surface area contributed by atoms with Gasteiger partial charge in [0.1, 0.15) is 5.82 Å². The van der Waals surface area contributed by atoms with Crippen LogP contribution in [0.2, 0.25) is 5.02 Å². The van der Waals surface area contributed by atoms with Gasteiger partial charge in [-0.3, -0.25) is 0 Å². The molecule has 1 aromatic heterocycles. The van der Waals surface area contributed by atoms with Gasteiger partial charge in [0.05, 0.1) is 12.2 Å². The van der Waals surface area contributed by atoms with E-state index in [2.05, 4.69) is 20.6 Å². The average molecular weight is 397 g/mol. The summed E-state index contributed by atoms with van der Waals surface area (Å²) in [5.74, 6) is 0.763. The minimum Gasteiger partial charge on any atom is -0.462 e. The largest absolute Gasteiger partial charge is 0.462 e. The van der Waals surface area contributed by atoms with Crippen molar-refractivity contribution in [2.45, 2.75) is 20.8 Å². The summed E-state index contributed by atoms with van der Waals surface area (Å²) in [6.07, 6.45) is 0. The molecule has 0 aliphatic heterocycles. The van der Waals surface area contributed by atoms with E-state index in [1.54, 1.807) is 31.2 Å². The van der Waals surface area contributed by atoms with Crippen molar-refractivity contribution < 1.29 is 9.53 Å². The second-order valence-electron chi connectivity index (χ2n) is 6.23. The molecule has 0 aliphatic carbocycles. The molecule has 144 valence electrons. The van der Waals surface area contributed by atoms with Gasteiger partial charge in [-0.1, -0.05) is 17.7 Å². The van der Waals surface area contributed by atoms with E-state index in [9.17, 15) is 4.79 Å². The van der Waals surface area contributed by atoms with Crippen LogP contribution in [0, 0.1) is 13.8 Å². The number of aromatic nitrogens is 2. The number of benzene rings is 2. The van der Waals surface area contributed by atoms with Crippen molar-refractivity contribution in [1.29, 1.82) is 0 Å². The molecule has 0 radical (unpaired) electrons. The molecule has 0 unspecified atom stereocenters. The number of halogens is 1. The highest BCUT2D eigenvalue weighted by molar-refractivity contribution is 6.30. The van der Waals surface area contributed by atoms with Gasteiger partial charge >= 0.3 is 5.97 Å². The maximum atomic E-state index is 11.7. The lowest BCUT2D eigenvalue weighted by molar-refractivity contribution is 0.0526. The molecule has 2 N–H and O–H groups in total. The number of carbonyl (C=O) groups excluding carboxylic acids is 1. The predicted octanol–water partition coefficient (Wildman–Crippen LogP) is 5.41. The molecule has 0 amide bonds. The number of aryl methyl sites for hydroxylation is 2. The van der Waals surface area contributed by atoms with Crippen LogP contribution in [0.1, 0.15) is 28.5 Å². The van der Waals surface area contributed by atoms with Crippen LogP contribution in [0.25, 0.3) is 0 Å². The fraction of sp³-hybridized carbons (Fsp3) is 0.190. The normalized spacial score (nSPS) is 10.4. The van der Waals surface area contributed by atoms with Crippen molar-refractivity contribution in [1.82, 2.24) is 9.97 Å². The average Bonchev–Trinajstić information content (AvgIpc) is 2.65. The van der Waals surface area contributed by atoms with E-state index >= 15 is 0 Å². The first-order chi connectivity index (χ1) is 13.4. The zero-order valence-corrected chi connectivity index (χ0v) is 16.7. The van der Waals surface area contributed by atoms with Crippen LogP contribution in [0.4, 0.5) is 23.1 Å². The van der Waals surface area contributed by atoms with Crippen molar-refractivity contribution in [3.05, 3.63) is 70.4 Å². The van der Waals surface area contributed by atoms with Crippen LogP contribution in [0.15, 0.2) is 48.5 Å². The number of anilines is 4. The predicted molar refractivity (Wildman–Crippen MR) is 112 cm³/mol. The second kappa shape index (κ2) is 8.71. The summed E-state index contributed by atoms with van der Waals surface area (Å²) in [6, 6.07) is 14.5. The molecule has 3 aromatic rings. The fourth-order valence-electron chi connectivity index (χ4n) is 2.59. The van der Waals surface area contributed by atoms with E-state index in [1.807, 2.05) is 38.1 Å². The van der Waals surface area contributed by atoms with Crippen LogP contribution in [-0.4, -0.2) is 22.5 Å². The number of nitrogens with zero attached hydrogens (tertiary/aromatic N) is 2. The molecule has 0 aliphatic rings. The lowest BCUT2D eigenvalue weighted by Gasteiger charge is -2.12. The van der Waals surface area contributed by atoms with Crippen molar-refractivity contribution in [3.63, 3.8) is 0 Å². The van der Waals surface area contributed by atoms with E-state index in [0.717, 1.165) is 22.6 Å². The molecule has 1 heterocycles. The van der Waals surface area contributed by atoms with Gasteiger partial charge in [0.2, 0.25) is 5.95 Å². The number of hydrogen-bond donors (Lipinski definition) is 2. The summed E-state index contributed by atoms with van der Waals surface area (Å²) >= 11 is 6.09. The number of esters is 1. The van der Waals surface area contributed by atoms with Crippen molar-refractivity contribution in [2.75, 3.05) is 17.2 Å². The van der Waals surface area contributed by atoms with Crippen LogP contribution in [0.5, 0.6) is 0 Å². The van der Waals surface area contributed by atoms with E-state index < -0.39 is 0 Å². The monoisotopic (exact) mass is 396 g/mol. The van der Waals surface area contributed by atoms with E-state index in [4.69, 9.17) is 16.3 Å². The van der Waals surface area contributed by atoms with Gasteiger partial charge in [-0.05, 0) is 62.7 Å². The summed E-state index contributed by atoms with van der Waals surface area (Å²) in [5.41, 5.74) is 4.02. The Balaban J connectivity index is 1.78. The molecular formula is C21H21ClN4O2. The number of hydrogen-bond acceptors (Lipinski definition) is 6. The van der Waals surface area contributed by atoms with Gasteiger partial charge in [0.15, 0.2) is 0 Å². The summed E-state index contributed by atoms with van der Waals surface area (Å²) in [7, 11) is 0. The van der Waals surface area contributed by atoms with E-state index in [-0.39, 0.29) is 5.97 Å². The molecule has 2 aromatic carbocycles. The Hall–Kier alpha value is -3.12. The number of ether oxygens (including phenoxy) is 1. The molecule has 0 spiro atoms. The molecule has 7 heteroatoms. The topological polar surface area (TPSA) is 76.1 Å². The SMILES string of the molecule is CCOC(=O)c1ccc(Nc2nc(C)cc(Nc3cc(Cl)ccc3C)n2)cc1. The fourth-order valence-corrected chi connectivity index (χ4v) is 2.76. The highest BCUT2D eigenvalue weighted by Gasteiger charge is 2.08. The molecule has 0 saturated heterocycles. The lowest BCUT2D eigenvalue weighted by atomic mass is 10.2. The number of rotatable bonds is 6.